The summed E-state index contributed by atoms with van der Waals surface area (Å²) in [5.41, 5.74) is 2.49. The summed E-state index contributed by atoms with van der Waals surface area (Å²) in [4.78, 5) is 24.4. The average Bonchev–Trinajstić information content (AvgIpc) is 3.42. The number of nitrogens with one attached hydrogen (secondary N) is 1. The van der Waals surface area contributed by atoms with Crippen molar-refractivity contribution in [1.82, 2.24) is 24.6 Å². The molecule has 5 rings (SSSR count). The van der Waals surface area contributed by atoms with E-state index in [2.05, 4.69) is 20.4 Å². The third-order valence-electron chi connectivity index (χ3n) is 6.42. The molecule has 0 saturated carbocycles. The minimum absolute atomic E-state index is 0.231. The van der Waals surface area contributed by atoms with Gasteiger partial charge in [0.05, 0.1) is 44.4 Å². The average molecular weight is 603 g/mol. The molecule has 0 fully saturated rings. The molecule has 0 unspecified atom stereocenters. The highest BCUT2D eigenvalue weighted by Gasteiger charge is 2.22. The van der Waals surface area contributed by atoms with Crippen molar-refractivity contribution < 1.29 is 23.7 Å². The van der Waals surface area contributed by atoms with Gasteiger partial charge in [-0.25, -0.2) is 9.67 Å². The summed E-state index contributed by atoms with van der Waals surface area (Å²) in [6, 6.07) is 14.2. The van der Waals surface area contributed by atoms with Gasteiger partial charge in [0.25, 0.3) is 5.91 Å². The summed E-state index contributed by atoms with van der Waals surface area (Å²) in [5.74, 6) is 2.39. The van der Waals surface area contributed by atoms with Gasteiger partial charge in [-0.15, -0.1) is 0 Å². The van der Waals surface area contributed by atoms with Crippen LogP contribution in [0.4, 0.5) is 5.82 Å². The van der Waals surface area contributed by atoms with E-state index in [1.54, 1.807) is 56.8 Å². The zero-order chi connectivity index (χ0) is 30.5. The maximum Gasteiger partial charge on any atom is 0.279 e. The Morgan fingerprint density at radius 3 is 2.44 bits per heavy atom. The van der Waals surface area contributed by atoms with Crippen molar-refractivity contribution in [1.29, 1.82) is 0 Å². The van der Waals surface area contributed by atoms with E-state index >= 15 is 0 Å². The summed E-state index contributed by atoms with van der Waals surface area (Å²) >= 11 is 6.42. The van der Waals surface area contributed by atoms with Crippen molar-refractivity contribution in [2.45, 2.75) is 13.5 Å². The molecule has 1 N–H and O–H groups in total. The number of nitrogens with zero attached hydrogens (tertiary/aromatic N) is 5. The number of rotatable bonds is 11. The number of anilines is 1. The van der Waals surface area contributed by atoms with Crippen LogP contribution in [0.25, 0.3) is 16.6 Å². The number of halogens is 1. The Morgan fingerprint density at radius 2 is 1.74 bits per heavy atom. The zero-order valence-corrected chi connectivity index (χ0v) is 25.2. The van der Waals surface area contributed by atoms with Gasteiger partial charge in [-0.05, 0) is 69.0 Å². The number of amides is 1. The van der Waals surface area contributed by atoms with E-state index < -0.39 is 5.91 Å². The molecule has 0 saturated heterocycles. The molecule has 222 valence electrons. The molecule has 3 heterocycles. The van der Waals surface area contributed by atoms with Gasteiger partial charge >= 0.3 is 0 Å². The topological polar surface area (TPSA) is 113 Å². The number of aromatic nitrogens is 4. The maximum absolute atomic E-state index is 13.5. The van der Waals surface area contributed by atoms with Crippen LogP contribution in [0.1, 0.15) is 23.0 Å². The first-order valence-electron chi connectivity index (χ1n) is 13.4. The molecule has 0 aliphatic heterocycles. The fraction of sp³-hybridized carbons (Fsp3) is 0.226. The standard InChI is InChI=1S/C31H31ClN6O5/c1-6-42-28-17-35-38(20-7-9-23(32)19(13-20)18-37(2)3)30(28)31(39)36-29-10-8-21(16-34-29)43-25-11-12-33-24-15-27(41-5)26(40-4)14-22(24)25/h7-17H,6,18H2,1-5H3,(H,34,36,39). The predicted octanol–water partition coefficient (Wildman–Crippen LogP) is 5.99. The van der Waals surface area contributed by atoms with Crippen molar-refractivity contribution in [3.8, 4) is 34.4 Å². The molecule has 43 heavy (non-hydrogen) atoms. The van der Waals surface area contributed by atoms with Gasteiger partial charge in [0.2, 0.25) is 0 Å². The molecule has 1 amide bonds. The van der Waals surface area contributed by atoms with E-state index in [9.17, 15) is 4.79 Å². The minimum Gasteiger partial charge on any atom is -0.493 e. The lowest BCUT2D eigenvalue weighted by Gasteiger charge is -2.14. The molecular formula is C31H31ClN6O5. The minimum atomic E-state index is -0.438. The van der Waals surface area contributed by atoms with E-state index in [-0.39, 0.29) is 5.69 Å². The number of carbonyl (C=O) groups is 1. The molecule has 3 aromatic heterocycles. The molecule has 0 aliphatic rings. The first kappa shape index (κ1) is 29.6. The highest BCUT2D eigenvalue weighted by molar-refractivity contribution is 6.31. The van der Waals surface area contributed by atoms with Crippen LogP contribution in [-0.2, 0) is 6.54 Å². The molecule has 0 bridgehead atoms. The van der Waals surface area contributed by atoms with Crippen LogP contribution in [0, 0.1) is 0 Å². The second kappa shape index (κ2) is 13.0. The van der Waals surface area contributed by atoms with Crippen molar-refractivity contribution in [3.63, 3.8) is 0 Å². The van der Waals surface area contributed by atoms with Crippen LogP contribution in [0.15, 0.2) is 67.1 Å². The van der Waals surface area contributed by atoms with Crippen molar-refractivity contribution in [2.75, 3.05) is 40.2 Å². The molecule has 0 spiro atoms. The monoisotopic (exact) mass is 602 g/mol. The molecule has 0 atom stereocenters. The maximum atomic E-state index is 13.5. The van der Waals surface area contributed by atoms with Gasteiger partial charge < -0.3 is 29.2 Å². The van der Waals surface area contributed by atoms with Crippen LogP contribution in [0.3, 0.4) is 0 Å². The van der Waals surface area contributed by atoms with Crippen LogP contribution >= 0.6 is 11.6 Å². The van der Waals surface area contributed by atoms with Crippen molar-refractivity contribution >= 4 is 34.2 Å². The van der Waals surface area contributed by atoms with E-state index in [0.29, 0.717) is 63.9 Å². The number of carbonyl (C=O) groups excluding carboxylic acids is 1. The van der Waals surface area contributed by atoms with Gasteiger partial charge in [-0.3, -0.25) is 9.78 Å². The summed E-state index contributed by atoms with van der Waals surface area (Å²) in [7, 11) is 7.06. The summed E-state index contributed by atoms with van der Waals surface area (Å²) in [5, 5.41) is 8.65. The number of hydrogen-bond donors (Lipinski definition) is 1. The Labute approximate surface area is 253 Å². The van der Waals surface area contributed by atoms with Crippen LogP contribution in [-0.4, -0.2) is 65.5 Å². The SMILES string of the molecule is CCOc1cnn(-c2ccc(Cl)c(CN(C)C)c2)c1C(=O)Nc1ccc(Oc2ccnc3cc(OC)c(OC)cc23)cn1. The van der Waals surface area contributed by atoms with E-state index in [4.69, 9.17) is 30.5 Å². The number of hydrogen-bond acceptors (Lipinski definition) is 9. The molecule has 12 heteroatoms. The van der Waals surface area contributed by atoms with Crippen molar-refractivity contribution in [2.24, 2.45) is 0 Å². The first-order chi connectivity index (χ1) is 20.8. The van der Waals surface area contributed by atoms with E-state index in [0.717, 1.165) is 10.9 Å². The molecular weight excluding hydrogens is 572 g/mol. The third kappa shape index (κ3) is 6.47. The number of methoxy groups -OCH3 is 2. The number of ether oxygens (including phenoxy) is 4. The zero-order valence-electron chi connectivity index (χ0n) is 24.4. The van der Waals surface area contributed by atoms with Gasteiger partial charge in [0.1, 0.15) is 17.3 Å². The molecule has 0 radical (unpaired) electrons. The highest BCUT2D eigenvalue weighted by atomic mass is 35.5. The fourth-order valence-corrected chi connectivity index (χ4v) is 4.68. The summed E-state index contributed by atoms with van der Waals surface area (Å²) < 4.78 is 24.2. The quantitative estimate of drug-likeness (QED) is 0.195. The number of fused-ring (bicyclic) bond motifs is 1. The first-order valence-corrected chi connectivity index (χ1v) is 13.8. The lowest BCUT2D eigenvalue weighted by atomic mass is 10.2. The third-order valence-corrected chi connectivity index (χ3v) is 6.79. The lowest BCUT2D eigenvalue weighted by Crippen LogP contribution is -2.19. The predicted molar refractivity (Wildman–Crippen MR) is 164 cm³/mol. The molecule has 11 nitrogen and oxygen atoms in total. The Bertz CT molecular complexity index is 1760. The Morgan fingerprint density at radius 1 is 0.953 bits per heavy atom. The summed E-state index contributed by atoms with van der Waals surface area (Å²) in [6.07, 6.45) is 4.69. The Kier molecular flexibility index (Phi) is 8.93. The Balaban J connectivity index is 1.38. The summed E-state index contributed by atoms with van der Waals surface area (Å²) in [6.45, 7) is 2.84. The number of pyridine rings is 2. The lowest BCUT2D eigenvalue weighted by molar-refractivity contribution is 0.101. The van der Waals surface area contributed by atoms with E-state index in [1.165, 1.54) is 17.1 Å². The second-order valence-corrected chi connectivity index (χ2v) is 10.1. The van der Waals surface area contributed by atoms with Crippen LogP contribution in [0.2, 0.25) is 5.02 Å². The van der Waals surface area contributed by atoms with Crippen molar-refractivity contribution in [3.05, 3.63) is 83.4 Å². The molecule has 2 aromatic carbocycles. The number of benzene rings is 2. The van der Waals surface area contributed by atoms with E-state index in [1.807, 2.05) is 38.1 Å². The largest absolute Gasteiger partial charge is 0.493 e. The smallest absolute Gasteiger partial charge is 0.279 e. The normalized spacial score (nSPS) is 11.0. The van der Waals surface area contributed by atoms with Gasteiger partial charge in [0, 0.05) is 29.2 Å². The van der Waals surface area contributed by atoms with Crippen LogP contribution in [0.5, 0.6) is 28.7 Å². The second-order valence-electron chi connectivity index (χ2n) is 9.68. The molecule has 0 aliphatic carbocycles. The van der Waals surface area contributed by atoms with Gasteiger partial charge in [-0.1, -0.05) is 11.6 Å². The molecule has 5 aromatic rings. The van der Waals surface area contributed by atoms with Gasteiger partial charge in [0.15, 0.2) is 22.9 Å². The van der Waals surface area contributed by atoms with Gasteiger partial charge in [-0.2, -0.15) is 5.10 Å². The van der Waals surface area contributed by atoms with Crippen LogP contribution < -0.4 is 24.3 Å². The Hall–Kier alpha value is -4.87. The highest BCUT2D eigenvalue weighted by Crippen LogP contribution is 2.37. The fourth-order valence-electron chi connectivity index (χ4n) is 4.51.